The van der Waals surface area contributed by atoms with Gasteiger partial charge in [0.15, 0.2) is 0 Å². The van der Waals surface area contributed by atoms with Gasteiger partial charge >= 0.3 is 0 Å². The van der Waals surface area contributed by atoms with Crippen LogP contribution in [0.5, 0.6) is 5.75 Å². The second kappa shape index (κ2) is 6.71. The molecule has 4 nitrogen and oxygen atoms in total. The van der Waals surface area contributed by atoms with Gasteiger partial charge in [-0.2, -0.15) is 0 Å². The van der Waals surface area contributed by atoms with Gasteiger partial charge < -0.3 is 16.2 Å². The van der Waals surface area contributed by atoms with E-state index in [4.69, 9.17) is 16.2 Å². The molecule has 1 aromatic carbocycles. The second-order valence-corrected chi connectivity index (χ2v) is 3.69. The van der Waals surface area contributed by atoms with Crippen LogP contribution in [0.25, 0.3) is 0 Å². The molecule has 4 N–H and O–H groups in total. The number of benzene rings is 1. The second-order valence-electron chi connectivity index (χ2n) is 3.69. The highest BCUT2D eigenvalue weighted by atomic mass is 16.5. The van der Waals surface area contributed by atoms with Crippen molar-refractivity contribution in [2.45, 2.75) is 25.7 Å². The zero-order chi connectivity index (χ0) is 11.8. The minimum Gasteiger partial charge on any atom is -0.494 e. The molecule has 1 amide bonds. The van der Waals surface area contributed by atoms with E-state index < -0.39 is 0 Å². The predicted octanol–water partition coefficient (Wildman–Crippen LogP) is 1.69. The number of unbranched alkanes of at least 4 members (excludes halogenated alkanes) is 2. The van der Waals surface area contributed by atoms with E-state index in [1.165, 1.54) is 0 Å². The lowest BCUT2D eigenvalue weighted by molar-refractivity contribution is -0.118. The van der Waals surface area contributed by atoms with E-state index in [2.05, 4.69) is 0 Å². The van der Waals surface area contributed by atoms with Crippen LogP contribution in [0.15, 0.2) is 24.3 Å². The van der Waals surface area contributed by atoms with E-state index >= 15 is 0 Å². The van der Waals surface area contributed by atoms with Crippen LogP contribution in [0.1, 0.15) is 25.7 Å². The van der Waals surface area contributed by atoms with Crippen LogP contribution in [-0.2, 0) is 4.79 Å². The molecule has 0 fully saturated rings. The first-order chi connectivity index (χ1) is 7.68. The molecular formula is C12H18N2O2. The number of ether oxygens (including phenoxy) is 1. The van der Waals surface area contributed by atoms with E-state index in [0.29, 0.717) is 13.0 Å². The topological polar surface area (TPSA) is 78.3 Å². The van der Waals surface area contributed by atoms with Crippen molar-refractivity contribution in [3.63, 3.8) is 0 Å². The molecule has 0 spiro atoms. The number of amides is 1. The largest absolute Gasteiger partial charge is 0.494 e. The zero-order valence-electron chi connectivity index (χ0n) is 9.32. The van der Waals surface area contributed by atoms with Crippen LogP contribution in [0, 0.1) is 0 Å². The number of carbonyl (C=O) groups excluding carboxylic acids is 1. The maximum atomic E-state index is 10.5. The van der Waals surface area contributed by atoms with Gasteiger partial charge in [-0.25, -0.2) is 0 Å². The van der Waals surface area contributed by atoms with E-state index in [1.54, 1.807) is 0 Å². The van der Waals surface area contributed by atoms with Gasteiger partial charge in [-0.1, -0.05) is 0 Å². The summed E-state index contributed by atoms with van der Waals surface area (Å²) >= 11 is 0. The van der Waals surface area contributed by atoms with Gasteiger partial charge in [0.05, 0.1) is 6.61 Å². The Hall–Kier alpha value is -1.71. The summed E-state index contributed by atoms with van der Waals surface area (Å²) in [6, 6.07) is 7.31. The zero-order valence-corrected chi connectivity index (χ0v) is 9.32. The molecule has 0 unspecified atom stereocenters. The van der Waals surface area contributed by atoms with Gasteiger partial charge in [0.1, 0.15) is 5.75 Å². The Morgan fingerprint density at radius 1 is 1.12 bits per heavy atom. The number of anilines is 1. The Bertz CT molecular complexity index is 322. The lowest BCUT2D eigenvalue weighted by Gasteiger charge is -2.05. The molecule has 0 heterocycles. The van der Waals surface area contributed by atoms with Crippen LogP contribution in [0.2, 0.25) is 0 Å². The number of nitrogen functional groups attached to an aromatic ring is 1. The van der Waals surface area contributed by atoms with Crippen LogP contribution in [-0.4, -0.2) is 12.5 Å². The van der Waals surface area contributed by atoms with Crippen molar-refractivity contribution in [1.82, 2.24) is 0 Å². The molecule has 0 atom stereocenters. The smallest absolute Gasteiger partial charge is 0.217 e. The minimum absolute atomic E-state index is 0.237. The van der Waals surface area contributed by atoms with Crippen molar-refractivity contribution in [2.75, 3.05) is 12.3 Å². The molecule has 0 radical (unpaired) electrons. The number of carbonyl (C=O) groups is 1. The van der Waals surface area contributed by atoms with Crippen LogP contribution >= 0.6 is 0 Å². The summed E-state index contributed by atoms with van der Waals surface area (Å²) < 4.78 is 5.50. The molecule has 0 aliphatic carbocycles. The van der Waals surface area contributed by atoms with Crippen LogP contribution in [0.3, 0.4) is 0 Å². The Balaban J connectivity index is 2.07. The SMILES string of the molecule is NC(=O)CCCCCOc1ccc(N)cc1. The third-order valence-corrected chi connectivity index (χ3v) is 2.22. The monoisotopic (exact) mass is 222 g/mol. The lowest BCUT2D eigenvalue weighted by atomic mass is 10.2. The number of primary amides is 1. The molecule has 0 aliphatic rings. The van der Waals surface area contributed by atoms with E-state index in [0.717, 1.165) is 30.7 Å². The lowest BCUT2D eigenvalue weighted by Crippen LogP contribution is -2.09. The summed E-state index contributed by atoms with van der Waals surface area (Å²) in [5.74, 6) is 0.587. The standard InChI is InChI=1S/C12H18N2O2/c13-10-5-7-11(8-6-10)16-9-3-1-2-4-12(14)15/h5-8H,1-4,9,13H2,(H2,14,15). The molecule has 0 bridgehead atoms. The van der Waals surface area contributed by atoms with Gasteiger partial charge in [-0.3, -0.25) is 4.79 Å². The molecule has 0 aliphatic heterocycles. The fourth-order valence-corrected chi connectivity index (χ4v) is 1.33. The number of hydrogen-bond acceptors (Lipinski definition) is 3. The highest BCUT2D eigenvalue weighted by molar-refractivity contribution is 5.73. The molecule has 1 aromatic rings. The van der Waals surface area contributed by atoms with Crippen molar-refractivity contribution in [1.29, 1.82) is 0 Å². The summed E-state index contributed by atoms with van der Waals surface area (Å²) in [6.45, 7) is 0.655. The highest BCUT2D eigenvalue weighted by Gasteiger charge is 1.96. The van der Waals surface area contributed by atoms with Gasteiger partial charge in [-0.05, 0) is 43.5 Å². The average molecular weight is 222 g/mol. The third kappa shape index (κ3) is 5.24. The molecule has 0 aromatic heterocycles. The normalized spacial score (nSPS) is 10.0. The van der Waals surface area contributed by atoms with Crippen molar-refractivity contribution >= 4 is 11.6 Å². The van der Waals surface area contributed by atoms with Gasteiger partial charge in [-0.15, -0.1) is 0 Å². The van der Waals surface area contributed by atoms with Crippen LogP contribution in [0.4, 0.5) is 5.69 Å². The maximum absolute atomic E-state index is 10.5. The Morgan fingerprint density at radius 2 is 1.81 bits per heavy atom. The van der Waals surface area contributed by atoms with Crippen molar-refractivity contribution in [3.8, 4) is 5.75 Å². The fraction of sp³-hybridized carbons (Fsp3) is 0.417. The van der Waals surface area contributed by atoms with Gasteiger partial charge in [0, 0.05) is 12.1 Å². The summed E-state index contributed by atoms with van der Waals surface area (Å²) in [6.07, 6.45) is 3.18. The predicted molar refractivity (Wildman–Crippen MR) is 64.0 cm³/mol. The number of rotatable bonds is 7. The first-order valence-electron chi connectivity index (χ1n) is 5.45. The number of nitrogens with two attached hydrogens (primary N) is 2. The maximum Gasteiger partial charge on any atom is 0.217 e. The molecule has 0 saturated heterocycles. The molecule has 88 valence electrons. The van der Waals surface area contributed by atoms with Gasteiger partial charge in [0.2, 0.25) is 5.91 Å². The molecule has 0 saturated carbocycles. The van der Waals surface area contributed by atoms with E-state index in [9.17, 15) is 4.79 Å². The van der Waals surface area contributed by atoms with Crippen LogP contribution < -0.4 is 16.2 Å². The summed E-state index contributed by atoms with van der Waals surface area (Å²) in [7, 11) is 0. The Morgan fingerprint density at radius 3 is 2.44 bits per heavy atom. The fourth-order valence-electron chi connectivity index (χ4n) is 1.33. The molecule has 1 rings (SSSR count). The highest BCUT2D eigenvalue weighted by Crippen LogP contribution is 2.13. The molecule has 16 heavy (non-hydrogen) atoms. The quantitative estimate of drug-likeness (QED) is 0.544. The van der Waals surface area contributed by atoms with E-state index in [1.807, 2.05) is 24.3 Å². The Kier molecular flexibility index (Phi) is 5.19. The summed E-state index contributed by atoms with van der Waals surface area (Å²) in [5, 5.41) is 0. The molecular weight excluding hydrogens is 204 g/mol. The van der Waals surface area contributed by atoms with E-state index in [-0.39, 0.29) is 5.91 Å². The third-order valence-electron chi connectivity index (χ3n) is 2.22. The van der Waals surface area contributed by atoms with Crippen molar-refractivity contribution in [3.05, 3.63) is 24.3 Å². The van der Waals surface area contributed by atoms with Gasteiger partial charge in [0.25, 0.3) is 0 Å². The first kappa shape index (κ1) is 12.4. The summed E-state index contributed by atoms with van der Waals surface area (Å²) in [5.41, 5.74) is 11.3. The molecule has 4 heteroatoms. The average Bonchev–Trinajstić information content (AvgIpc) is 2.25. The number of hydrogen-bond donors (Lipinski definition) is 2. The van der Waals surface area contributed by atoms with Crippen molar-refractivity contribution < 1.29 is 9.53 Å². The Labute approximate surface area is 95.6 Å². The first-order valence-corrected chi connectivity index (χ1v) is 5.45. The minimum atomic E-state index is -0.237. The van der Waals surface area contributed by atoms with Crippen molar-refractivity contribution in [2.24, 2.45) is 5.73 Å². The summed E-state index contributed by atoms with van der Waals surface area (Å²) in [4.78, 5) is 10.5.